The highest BCUT2D eigenvalue weighted by atomic mass is 35.5. The van der Waals surface area contributed by atoms with Crippen LogP contribution in [0.4, 0.5) is 39.5 Å². The molecule has 0 heterocycles. The van der Waals surface area contributed by atoms with E-state index in [1.165, 1.54) is 91.0 Å². The van der Waals surface area contributed by atoms with Crippen molar-refractivity contribution in [2.75, 3.05) is 13.2 Å². The fraction of sp³-hybridized carbons (Fsp3) is 0.267. The number of hydrogen-bond acceptors (Lipinski definition) is 2. The van der Waals surface area contributed by atoms with E-state index in [4.69, 9.17) is 32.7 Å². The molecule has 1 unspecified atom stereocenters. The van der Waals surface area contributed by atoms with E-state index in [2.05, 4.69) is 0 Å². The minimum absolute atomic E-state index is 0.148. The molecule has 43 heavy (non-hydrogen) atoms. The normalized spacial score (nSPS) is 19.4. The van der Waals surface area contributed by atoms with Crippen molar-refractivity contribution in [1.82, 2.24) is 0 Å². The zero-order valence-electron chi connectivity index (χ0n) is 21.8. The second-order valence-corrected chi connectivity index (χ2v) is 10.4. The predicted molar refractivity (Wildman–Crippen MR) is 143 cm³/mol. The first-order chi connectivity index (χ1) is 20.0. The Labute approximate surface area is 250 Å². The van der Waals surface area contributed by atoms with Crippen molar-refractivity contribution in [1.29, 1.82) is 0 Å². The van der Waals surface area contributed by atoms with Crippen LogP contribution in [0.15, 0.2) is 108 Å². The lowest BCUT2D eigenvalue weighted by molar-refractivity contribution is -0.195. The molecule has 13 heteroatoms. The fourth-order valence-corrected chi connectivity index (χ4v) is 5.89. The van der Waals surface area contributed by atoms with Gasteiger partial charge in [0.05, 0.1) is 18.1 Å². The van der Waals surface area contributed by atoms with E-state index in [9.17, 15) is 26.3 Å². The van der Waals surface area contributed by atoms with Crippen molar-refractivity contribution in [3.05, 3.63) is 124 Å². The first-order valence-corrected chi connectivity index (χ1v) is 13.3. The standard InChI is InChI=1S/C30H21Cl2F9O2/c31-23-22(19-10-4-1-5-11-19)24(43-18-27(36,37)38)29(32,30(39,40)41)28(20-12-6-2-7-13-20,21-14-8-3-9-15-21)25(23)42-17-16-26(33,34)35/h1-15H,16-18H2. The van der Waals surface area contributed by atoms with Crippen LogP contribution >= 0.6 is 23.2 Å². The van der Waals surface area contributed by atoms with Crippen LogP contribution in [-0.4, -0.2) is 36.6 Å². The third kappa shape index (κ3) is 6.20. The minimum atomic E-state index is -5.63. The Morgan fingerprint density at radius 3 is 1.49 bits per heavy atom. The molecule has 0 spiro atoms. The summed E-state index contributed by atoms with van der Waals surface area (Å²) in [4.78, 5) is -3.94. The number of allylic oxidation sites excluding steroid dienone is 4. The molecule has 1 atom stereocenters. The van der Waals surface area contributed by atoms with Crippen molar-refractivity contribution in [2.45, 2.75) is 35.2 Å². The van der Waals surface area contributed by atoms with E-state index in [-0.39, 0.29) is 16.7 Å². The number of rotatable bonds is 8. The van der Waals surface area contributed by atoms with Crippen molar-refractivity contribution < 1.29 is 49.0 Å². The summed E-state index contributed by atoms with van der Waals surface area (Å²) >= 11 is 13.5. The second-order valence-electron chi connectivity index (χ2n) is 9.47. The van der Waals surface area contributed by atoms with Gasteiger partial charge in [0.25, 0.3) is 0 Å². The zero-order valence-corrected chi connectivity index (χ0v) is 23.3. The Morgan fingerprint density at radius 1 is 0.605 bits per heavy atom. The Balaban J connectivity index is 2.23. The van der Waals surface area contributed by atoms with Gasteiger partial charge in [0.1, 0.15) is 16.9 Å². The Hall–Kier alpha value is -3.31. The van der Waals surface area contributed by atoms with Gasteiger partial charge in [-0.05, 0) is 16.7 Å². The third-order valence-electron chi connectivity index (χ3n) is 6.69. The molecule has 0 aromatic heterocycles. The Kier molecular flexibility index (Phi) is 9.09. The van der Waals surface area contributed by atoms with Crippen LogP contribution in [0.1, 0.15) is 23.1 Å². The highest BCUT2D eigenvalue weighted by molar-refractivity contribution is 6.39. The molecule has 3 aromatic rings. The van der Waals surface area contributed by atoms with Crippen molar-refractivity contribution >= 4 is 28.8 Å². The van der Waals surface area contributed by atoms with Crippen LogP contribution in [0.3, 0.4) is 0 Å². The Morgan fingerprint density at radius 2 is 1.07 bits per heavy atom. The van der Waals surface area contributed by atoms with Crippen molar-refractivity contribution in [3.63, 3.8) is 0 Å². The second kappa shape index (κ2) is 12.0. The Bertz CT molecular complexity index is 1430. The van der Waals surface area contributed by atoms with Gasteiger partial charge in [-0.3, -0.25) is 0 Å². The number of benzene rings is 3. The van der Waals surface area contributed by atoms with Gasteiger partial charge in [-0.25, -0.2) is 0 Å². The molecular formula is C30H21Cl2F9O2. The largest absolute Gasteiger partial charge is 0.495 e. The maximum atomic E-state index is 15.7. The summed E-state index contributed by atoms with van der Waals surface area (Å²) < 4.78 is 138. The first kappa shape index (κ1) is 32.6. The smallest absolute Gasteiger partial charge is 0.422 e. The fourth-order valence-electron chi connectivity index (χ4n) is 5.05. The van der Waals surface area contributed by atoms with Crippen LogP contribution in [-0.2, 0) is 14.9 Å². The van der Waals surface area contributed by atoms with E-state index in [0.717, 1.165) is 0 Å². The van der Waals surface area contributed by atoms with E-state index in [1.54, 1.807) is 0 Å². The molecule has 4 rings (SSSR count). The van der Waals surface area contributed by atoms with E-state index < -0.39 is 70.6 Å². The highest BCUT2D eigenvalue weighted by Gasteiger charge is 2.75. The molecule has 0 bridgehead atoms. The van der Waals surface area contributed by atoms with Gasteiger partial charge in [0.2, 0.25) is 4.87 Å². The number of ether oxygens (including phenoxy) is 2. The summed E-state index contributed by atoms with van der Waals surface area (Å²) in [5, 5.41) is -0.709. The third-order valence-corrected chi connectivity index (χ3v) is 7.72. The van der Waals surface area contributed by atoms with Crippen LogP contribution < -0.4 is 0 Å². The lowest BCUT2D eigenvalue weighted by atomic mass is 9.59. The summed E-state index contributed by atoms with van der Waals surface area (Å²) in [6.07, 6.45) is -17.1. The summed E-state index contributed by atoms with van der Waals surface area (Å²) in [6, 6.07) is 19.8. The van der Waals surface area contributed by atoms with E-state index in [1.807, 2.05) is 0 Å². The number of alkyl halides is 10. The van der Waals surface area contributed by atoms with Gasteiger partial charge in [-0.15, -0.1) is 0 Å². The average Bonchev–Trinajstić information content (AvgIpc) is 2.93. The first-order valence-electron chi connectivity index (χ1n) is 12.5. The molecule has 0 radical (unpaired) electrons. The van der Waals surface area contributed by atoms with Crippen LogP contribution in [0, 0.1) is 0 Å². The summed E-state index contributed by atoms with van der Waals surface area (Å²) in [7, 11) is 0. The molecule has 0 N–H and O–H groups in total. The lowest BCUT2D eigenvalue weighted by Crippen LogP contribution is -2.62. The lowest BCUT2D eigenvalue weighted by Gasteiger charge is -2.52. The minimum Gasteiger partial charge on any atom is -0.495 e. The van der Waals surface area contributed by atoms with Crippen molar-refractivity contribution in [2.24, 2.45) is 0 Å². The maximum absolute atomic E-state index is 15.7. The molecular weight excluding hydrogens is 634 g/mol. The maximum Gasteiger partial charge on any atom is 0.422 e. The SMILES string of the molecule is FC(F)(F)CCOC1=C(Cl)C(c2ccccc2)=C(OCC(F)(F)F)C(Cl)(C(F)(F)F)C1(c1ccccc1)c1ccccc1. The molecule has 0 aliphatic heterocycles. The van der Waals surface area contributed by atoms with Gasteiger partial charge in [-0.2, -0.15) is 39.5 Å². The van der Waals surface area contributed by atoms with Gasteiger partial charge >= 0.3 is 18.5 Å². The average molecular weight is 655 g/mol. The number of halogens is 11. The number of hydrogen-bond donors (Lipinski definition) is 0. The zero-order chi connectivity index (χ0) is 31.7. The molecule has 0 saturated carbocycles. The molecule has 0 saturated heterocycles. The molecule has 2 nitrogen and oxygen atoms in total. The van der Waals surface area contributed by atoms with Crippen LogP contribution in [0.25, 0.3) is 5.57 Å². The molecule has 3 aromatic carbocycles. The summed E-state index contributed by atoms with van der Waals surface area (Å²) in [5.74, 6) is -2.24. The molecule has 1 aliphatic carbocycles. The molecule has 0 amide bonds. The quantitative estimate of drug-likeness (QED) is 0.178. The molecule has 1 aliphatic rings. The van der Waals surface area contributed by atoms with Gasteiger partial charge in [0.15, 0.2) is 6.61 Å². The van der Waals surface area contributed by atoms with Crippen LogP contribution in [0.2, 0.25) is 0 Å². The van der Waals surface area contributed by atoms with Gasteiger partial charge in [0, 0.05) is 5.57 Å². The summed E-state index contributed by atoms with van der Waals surface area (Å²) in [6.45, 7) is -3.36. The van der Waals surface area contributed by atoms with E-state index >= 15 is 13.2 Å². The van der Waals surface area contributed by atoms with Gasteiger partial charge in [-0.1, -0.05) is 114 Å². The van der Waals surface area contributed by atoms with Gasteiger partial charge < -0.3 is 9.47 Å². The molecule has 0 fully saturated rings. The monoisotopic (exact) mass is 654 g/mol. The van der Waals surface area contributed by atoms with Crippen molar-refractivity contribution in [3.8, 4) is 0 Å². The summed E-state index contributed by atoms with van der Waals surface area (Å²) in [5.41, 5.74) is -4.31. The molecule has 230 valence electrons. The van der Waals surface area contributed by atoms with Crippen LogP contribution in [0.5, 0.6) is 0 Å². The van der Waals surface area contributed by atoms with E-state index in [0.29, 0.717) is 0 Å². The topological polar surface area (TPSA) is 18.5 Å². The predicted octanol–water partition coefficient (Wildman–Crippen LogP) is 9.94. The highest BCUT2D eigenvalue weighted by Crippen LogP contribution is 2.66.